The van der Waals surface area contributed by atoms with E-state index in [0.717, 1.165) is 37.9 Å². The van der Waals surface area contributed by atoms with Gasteiger partial charge in [-0.15, -0.1) is 0 Å². The van der Waals surface area contributed by atoms with Crippen LogP contribution in [0.3, 0.4) is 0 Å². The van der Waals surface area contributed by atoms with E-state index in [2.05, 4.69) is 27.8 Å². The van der Waals surface area contributed by atoms with Crippen molar-refractivity contribution in [2.75, 3.05) is 30.3 Å². The number of imide groups is 2. The molecule has 2 saturated heterocycles. The SMILES string of the molecule is CCCCCCCCC1(C2CNCCN2c2ccc(N)cc2)C(=O)NC(=O)NC1=O. The number of carbonyl (C=O) groups excluding carboxylic acids is 3. The van der Waals surface area contributed by atoms with Crippen molar-refractivity contribution in [1.29, 1.82) is 0 Å². The maximum atomic E-state index is 13.2. The molecule has 4 amide bonds. The lowest BCUT2D eigenvalue weighted by molar-refractivity contribution is -0.147. The number of nitrogen functional groups attached to an aromatic ring is 1. The minimum atomic E-state index is -1.33. The molecule has 5 N–H and O–H groups in total. The van der Waals surface area contributed by atoms with Crippen LogP contribution in [0.5, 0.6) is 0 Å². The Hall–Kier alpha value is -2.61. The van der Waals surface area contributed by atoms with Crippen molar-refractivity contribution in [3.8, 4) is 0 Å². The molecule has 2 aliphatic heterocycles. The second-order valence-electron chi connectivity index (χ2n) is 8.23. The highest BCUT2D eigenvalue weighted by Gasteiger charge is 2.57. The van der Waals surface area contributed by atoms with E-state index in [1.807, 2.05) is 24.3 Å². The third-order valence-electron chi connectivity index (χ3n) is 6.23. The van der Waals surface area contributed by atoms with Crippen LogP contribution >= 0.6 is 0 Å². The summed E-state index contributed by atoms with van der Waals surface area (Å²) >= 11 is 0. The zero-order valence-corrected chi connectivity index (χ0v) is 17.7. The smallest absolute Gasteiger partial charge is 0.328 e. The van der Waals surface area contributed by atoms with E-state index in [9.17, 15) is 14.4 Å². The number of nitrogens with one attached hydrogen (secondary N) is 3. The number of benzene rings is 1. The van der Waals surface area contributed by atoms with E-state index >= 15 is 0 Å². The number of amides is 4. The molecule has 0 radical (unpaired) electrons. The van der Waals surface area contributed by atoms with Crippen LogP contribution in [0.15, 0.2) is 24.3 Å². The average molecular weight is 416 g/mol. The molecule has 0 aliphatic carbocycles. The Bertz CT molecular complexity index is 745. The fourth-order valence-electron chi connectivity index (χ4n) is 4.56. The topological polar surface area (TPSA) is 117 Å². The van der Waals surface area contributed by atoms with Crippen LogP contribution in [0.4, 0.5) is 16.2 Å². The van der Waals surface area contributed by atoms with Gasteiger partial charge >= 0.3 is 6.03 Å². The largest absolute Gasteiger partial charge is 0.399 e. The number of nitrogens with zero attached hydrogens (tertiary/aromatic N) is 1. The summed E-state index contributed by atoms with van der Waals surface area (Å²) < 4.78 is 0. The first kappa shape index (κ1) is 22.1. The molecular formula is C22H33N5O3. The second kappa shape index (κ2) is 9.93. The maximum absolute atomic E-state index is 13.2. The summed E-state index contributed by atoms with van der Waals surface area (Å²) in [6.07, 6.45) is 6.71. The number of barbiturate groups is 1. The molecule has 1 atom stereocenters. The molecule has 3 rings (SSSR count). The number of piperazine rings is 1. The highest BCUT2D eigenvalue weighted by molar-refractivity contribution is 6.20. The summed E-state index contributed by atoms with van der Waals surface area (Å²) in [6, 6.07) is 6.31. The van der Waals surface area contributed by atoms with Crippen molar-refractivity contribution in [2.24, 2.45) is 5.41 Å². The molecule has 1 aromatic carbocycles. The van der Waals surface area contributed by atoms with Crippen molar-refractivity contribution < 1.29 is 14.4 Å². The van der Waals surface area contributed by atoms with Gasteiger partial charge in [-0.25, -0.2) is 4.79 Å². The number of unbranched alkanes of at least 4 members (excludes halogenated alkanes) is 5. The number of anilines is 2. The molecule has 0 saturated carbocycles. The number of hydrogen-bond donors (Lipinski definition) is 4. The minimum absolute atomic E-state index is 0.404. The van der Waals surface area contributed by atoms with Crippen LogP contribution in [-0.2, 0) is 9.59 Å². The first-order valence-electron chi connectivity index (χ1n) is 11.0. The van der Waals surface area contributed by atoms with E-state index in [4.69, 9.17) is 5.73 Å². The molecule has 1 aromatic rings. The Labute approximate surface area is 177 Å². The summed E-state index contributed by atoms with van der Waals surface area (Å²) in [5.41, 5.74) is 6.08. The number of urea groups is 1. The lowest BCUT2D eigenvalue weighted by Crippen LogP contribution is -2.72. The fraction of sp³-hybridized carbons (Fsp3) is 0.591. The van der Waals surface area contributed by atoms with Gasteiger partial charge in [-0.05, 0) is 30.7 Å². The molecule has 0 spiro atoms. The number of carbonyl (C=O) groups is 3. The van der Waals surface area contributed by atoms with E-state index in [1.54, 1.807) is 0 Å². The molecule has 2 fully saturated rings. The van der Waals surface area contributed by atoms with Crippen LogP contribution in [0, 0.1) is 5.41 Å². The maximum Gasteiger partial charge on any atom is 0.328 e. The van der Waals surface area contributed by atoms with Gasteiger partial charge in [0, 0.05) is 31.0 Å². The van der Waals surface area contributed by atoms with E-state index in [0.29, 0.717) is 25.2 Å². The Balaban J connectivity index is 1.87. The molecule has 1 unspecified atom stereocenters. The van der Waals surface area contributed by atoms with Crippen molar-refractivity contribution >= 4 is 29.2 Å². The van der Waals surface area contributed by atoms with Gasteiger partial charge in [-0.2, -0.15) is 0 Å². The van der Waals surface area contributed by atoms with Crippen molar-refractivity contribution in [3.63, 3.8) is 0 Å². The minimum Gasteiger partial charge on any atom is -0.399 e. The quantitative estimate of drug-likeness (QED) is 0.279. The third kappa shape index (κ3) is 4.59. The second-order valence-corrected chi connectivity index (χ2v) is 8.23. The molecule has 0 bridgehead atoms. The van der Waals surface area contributed by atoms with E-state index in [1.165, 1.54) is 12.8 Å². The Morgan fingerprint density at radius 1 is 1.00 bits per heavy atom. The predicted octanol–water partition coefficient (Wildman–Crippen LogP) is 2.15. The monoisotopic (exact) mass is 415 g/mol. The number of rotatable bonds is 9. The Morgan fingerprint density at radius 3 is 2.30 bits per heavy atom. The highest BCUT2D eigenvalue weighted by atomic mass is 16.2. The number of hydrogen-bond acceptors (Lipinski definition) is 6. The molecule has 30 heavy (non-hydrogen) atoms. The first-order chi connectivity index (χ1) is 14.5. The summed E-state index contributed by atoms with van der Waals surface area (Å²) in [7, 11) is 0. The Morgan fingerprint density at radius 2 is 1.63 bits per heavy atom. The summed E-state index contributed by atoms with van der Waals surface area (Å²) in [4.78, 5) is 40.2. The van der Waals surface area contributed by atoms with Gasteiger partial charge in [0.25, 0.3) is 0 Å². The lowest BCUT2D eigenvalue weighted by Gasteiger charge is -2.48. The Kier molecular flexibility index (Phi) is 7.31. The van der Waals surface area contributed by atoms with Gasteiger partial charge in [-0.3, -0.25) is 20.2 Å². The summed E-state index contributed by atoms with van der Waals surface area (Å²) in [5.74, 6) is -1.00. The van der Waals surface area contributed by atoms with Crippen LogP contribution in [0.2, 0.25) is 0 Å². The van der Waals surface area contributed by atoms with Crippen molar-refractivity contribution in [1.82, 2.24) is 16.0 Å². The van der Waals surface area contributed by atoms with E-state index < -0.39 is 29.3 Å². The zero-order chi connectivity index (χ0) is 21.6. The normalized spacial score (nSPS) is 21.3. The molecule has 2 heterocycles. The molecule has 2 aliphatic rings. The lowest BCUT2D eigenvalue weighted by atomic mass is 9.71. The van der Waals surface area contributed by atoms with Gasteiger partial charge in [0.2, 0.25) is 11.8 Å². The standard InChI is InChI=1S/C22H33N5O3/c1-2-3-4-5-6-7-12-22(19(28)25-21(30)26-20(22)29)18-15-24-13-14-27(18)17-10-8-16(23)9-11-17/h8-11,18,24H,2-7,12-15,23H2,1H3,(H2,25,26,28,29,30). The van der Waals surface area contributed by atoms with Crippen LogP contribution in [0.1, 0.15) is 51.9 Å². The molecule has 164 valence electrons. The highest BCUT2D eigenvalue weighted by Crippen LogP contribution is 2.38. The van der Waals surface area contributed by atoms with Crippen LogP contribution in [0.25, 0.3) is 0 Å². The number of nitrogens with two attached hydrogens (primary N) is 1. The summed E-state index contributed by atoms with van der Waals surface area (Å²) in [5, 5.41) is 8.04. The van der Waals surface area contributed by atoms with Crippen molar-refractivity contribution in [2.45, 2.75) is 57.9 Å². The molecule has 8 heteroatoms. The third-order valence-corrected chi connectivity index (χ3v) is 6.23. The van der Waals surface area contributed by atoms with Gasteiger partial charge < -0.3 is 16.0 Å². The predicted molar refractivity (Wildman–Crippen MR) is 117 cm³/mol. The fourth-order valence-corrected chi connectivity index (χ4v) is 4.56. The van der Waals surface area contributed by atoms with Crippen LogP contribution < -0.4 is 26.6 Å². The van der Waals surface area contributed by atoms with Gasteiger partial charge in [0.15, 0.2) is 0 Å². The molecule has 0 aromatic heterocycles. The van der Waals surface area contributed by atoms with Gasteiger partial charge in [0.1, 0.15) is 5.41 Å². The molecule has 8 nitrogen and oxygen atoms in total. The molecular weight excluding hydrogens is 382 g/mol. The van der Waals surface area contributed by atoms with Gasteiger partial charge in [-0.1, -0.05) is 45.4 Å². The van der Waals surface area contributed by atoms with Crippen molar-refractivity contribution in [3.05, 3.63) is 24.3 Å². The summed E-state index contributed by atoms with van der Waals surface area (Å²) in [6.45, 7) is 4.05. The van der Waals surface area contributed by atoms with Gasteiger partial charge in [0.05, 0.1) is 6.04 Å². The van der Waals surface area contributed by atoms with Crippen LogP contribution in [-0.4, -0.2) is 43.5 Å². The average Bonchev–Trinajstić information content (AvgIpc) is 2.73. The van der Waals surface area contributed by atoms with E-state index in [-0.39, 0.29) is 0 Å². The zero-order valence-electron chi connectivity index (χ0n) is 17.7. The first-order valence-corrected chi connectivity index (χ1v) is 11.0.